The van der Waals surface area contributed by atoms with Crippen LogP contribution >= 0.6 is 0 Å². The second kappa shape index (κ2) is 5.53. The molecule has 2 N–H and O–H groups in total. The van der Waals surface area contributed by atoms with Gasteiger partial charge in [0.15, 0.2) is 0 Å². The molecule has 0 saturated carbocycles. The number of hydrogen-bond acceptors (Lipinski definition) is 3. The van der Waals surface area contributed by atoms with Gasteiger partial charge in [0.1, 0.15) is 11.6 Å². The number of ether oxygens (including phenoxy) is 1. The highest BCUT2D eigenvalue weighted by Gasteiger charge is 2.29. The molecule has 0 spiro atoms. The third-order valence-electron chi connectivity index (χ3n) is 4.41. The molecule has 1 aliphatic rings. The molecule has 2 aromatic rings. The van der Waals surface area contributed by atoms with Crippen LogP contribution in [0.15, 0.2) is 30.6 Å². The molecule has 2 unspecified atom stereocenters. The number of hydrogen-bond donors (Lipinski definition) is 1. The molecular weight excluding hydrogens is 262 g/mol. The van der Waals surface area contributed by atoms with E-state index in [2.05, 4.69) is 41.7 Å². The largest absolute Gasteiger partial charge is 0.497 e. The first-order valence-corrected chi connectivity index (χ1v) is 7.57. The molecule has 0 radical (unpaired) electrons. The summed E-state index contributed by atoms with van der Waals surface area (Å²) in [6, 6.07) is 6.49. The Morgan fingerprint density at radius 2 is 2.19 bits per heavy atom. The lowest BCUT2D eigenvalue weighted by atomic mass is 9.84. The summed E-state index contributed by atoms with van der Waals surface area (Å²) in [6.07, 6.45) is 6.04. The maximum absolute atomic E-state index is 6.57. The van der Waals surface area contributed by atoms with Crippen LogP contribution in [0.2, 0.25) is 0 Å². The topological polar surface area (TPSA) is 53.1 Å². The molecule has 1 aromatic carbocycles. The molecule has 1 aliphatic carbocycles. The Labute approximate surface area is 125 Å². The van der Waals surface area contributed by atoms with Crippen molar-refractivity contribution in [1.82, 2.24) is 9.55 Å². The Kier molecular flexibility index (Phi) is 3.72. The van der Waals surface area contributed by atoms with E-state index in [1.165, 1.54) is 11.1 Å². The summed E-state index contributed by atoms with van der Waals surface area (Å²) in [4.78, 5) is 4.50. The molecular formula is C17H23N3O. The van der Waals surface area contributed by atoms with Crippen LogP contribution in [-0.2, 0) is 6.42 Å². The fourth-order valence-corrected chi connectivity index (χ4v) is 3.29. The van der Waals surface area contributed by atoms with Crippen molar-refractivity contribution in [3.8, 4) is 5.75 Å². The van der Waals surface area contributed by atoms with Gasteiger partial charge < -0.3 is 15.0 Å². The summed E-state index contributed by atoms with van der Waals surface area (Å²) in [5.74, 6) is 2.39. The molecule has 0 aliphatic heterocycles. The van der Waals surface area contributed by atoms with Crippen molar-refractivity contribution in [2.75, 3.05) is 7.11 Å². The third-order valence-corrected chi connectivity index (χ3v) is 4.41. The fraction of sp³-hybridized carbons (Fsp3) is 0.471. The average Bonchev–Trinajstić information content (AvgIpc) is 2.97. The molecule has 1 heterocycles. The number of nitrogens with two attached hydrogens (primary N) is 1. The van der Waals surface area contributed by atoms with Crippen LogP contribution in [-0.4, -0.2) is 16.7 Å². The Morgan fingerprint density at radius 1 is 1.38 bits per heavy atom. The molecule has 0 fully saturated rings. The molecule has 21 heavy (non-hydrogen) atoms. The summed E-state index contributed by atoms with van der Waals surface area (Å²) in [6.45, 7) is 4.34. The number of rotatable bonds is 3. The molecule has 112 valence electrons. The summed E-state index contributed by atoms with van der Waals surface area (Å²) in [5.41, 5.74) is 9.11. The van der Waals surface area contributed by atoms with E-state index in [1.807, 2.05) is 12.3 Å². The molecule has 3 rings (SSSR count). The van der Waals surface area contributed by atoms with E-state index in [0.717, 1.165) is 24.4 Å². The Balaban J connectivity index is 1.98. The maximum atomic E-state index is 6.57. The number of imidazole rings is 1. The summed E-state index contributed by atoms with van der Waals surface area (Å²) >= 11 is 0. The molecule has 0 bridgehead atoms. The summed E-state index contributed by atoms with van der Waals surface area (Å²) < 4.78 is 7.60. The zero-order valence-corrected chi connectivity index (χ0v) is 12.9. The van der Waals surface area contributed by atoms with Gasteiger partial charge in [0.25, 0.3) is 0 Å². The number of fused-ring (bicyclic) bond motifs is 1. The van der Waals surface area contributed by atoms with E-state index in [1.54, 1.807) is 7.11 Å². The van der Waals surface area contributed by atoms with Crippen LogP contribution in [0, 0.1) is 0 Å². The lowest BCUT2D eigenvalue weighted by molar-refractivity contribution is 0.354. The molecule has 0 saturated heterocycles. The minimum atomic E-state index is -0.0180. The summed E-state index contributed by atoms with van der Waals surface area (Å²) in [5, 5.41) is 0. The van der Waals surface area contributed by atoms with Crippen LogP contribution in [0.1, 0.15) is 55.2 Å². The second-order valence-electron chi connectivity index (χ2n) is 6.04. The van der Waals surface area contributed by atoms with Crippen molar-refractivity contribution < 1.29 is 4.74 Å². The van der Waals surface area contributed by atoms with Crippen molar-refractivity contribution in [1.29, 1.82) is 0 Å². The van der Waals surface area contributed by atoms with E-state index < -0.39 is 0 Å². The average molecular weight is 285 g/mol. The standard InChI is InChI=1S/C17H23N3O/c1-11(2)17-19-8-9-20(17)15-7-5-12-4-6-13(21-3)10-14(12)16(15)18/h4,6,8-11,15-16H,5,7,18H2,1-3H3. The quantitative estimate of drug-likeness (QED) is 0.942. The Hall–Kier alpha value is -1.81. The highest BCUT2D eigenvalue weighted by atomic mass is 16.5. The van der Waals surface area contributed by atoms with Crippen LogP contribution in [0.5, 0.6) is 5.75 Å². The Morgan fingerprint density at radius 3 is 2.90 bits per heavy atom. The van der Waals surface area contributed by atoms with Gasteiger partial charge in [0, 0.05) is 18.3 Å². The van der Waals surface area contributed by atoms with Gasteiger partial charge in [-0.25, -0.2) is 4.98 Å². The predicted molar refractivity (Wildman–Crippen MR) is 83.6 cm³/mol. The fourth-order valence-electron chi connectivity index (χ4n) is 3.29. The van der Waals surface area contributed by atoms with Gasteiger partial charge in [-0.2, -0.15) is 0 Å². The number of benzene rings is 1. The van der Waals surface area contributed by atoms with E-state index in [-0.39, 0.29) is 12.1 Å². The van der Waals surface area contributed by atoms with Crippen LogP contribution in [0.3, 0.4) is 0 Å². The monoisotopic (exact) mass is 285 g/mol. The minimum Gasteiger partial charge on any atom is -0.497 e. The first kappa shape index (κ1) is 14.1. The lowest BCUT2D eigenvalue weighted by Crippen LogP contribution is -2.30. The number of methoxy groups -OCH3 is 1. The van der Waals surface area contributed by atoms with Crippen molar-refractivity contribution >= 4 is 0 Å². The zero-order chi connectivity index (χ0) is 15.0. The first-order valence-electron chi connectivity index (χ1n) is 7.57. The highest BCUT2D eigenvalue weighted by molar-refractivity contribution is 5.40. The van der Waals surface area contributed by atoms with Gasteiger partial charge in [0.05, 0.1) is 19.2 Å². The second-order valence-corrected chi connectivity index (χ2v) is 6.04. The SMILES string of the molecule is COc1ccc2c(c1)C(N)C(n1ccnc1C(C)C)CC2. The van der Waals surface area contributed by atoms with Gasteiger partial charge in [-0.15, -0.1) is 0 Å². The Bertz CT molecular complexity index is 633. The van der Waals surface area contributed by atoms with E-state index >= 15 is 0 Å². The molecule has 2 atom stereocenters. The van der Waals surface area contributed by atoms with Crippen molar-refractivity contribution in [3.63, 3.8) is 0 Å². The normalized spacial score (nSPS) is 21.4. The van der Waals surface area contributed by atoms with Gasteiger partial charge in [-0.3, -0.25) is 0 Å². The van der Waals surface area contributed by atoms with Gasteiger partial charge >= 0.3 is 0 Å². The lowest BCUT2D eigenvalue weighted by Gasteiger charge is -2.33. The number of aromatic nitrogens is 2. The van der Waals surface area contributed by atoms with Crippen LogP contribution in [0.25, 0.3) is 0 Å². The van der Waals surface area contributed by atoms with Gasteiger partial charge in [0.2, 0.25) is 0 Å². The van der Waals surface area contributed by atoms with Crippen molar-refractivity contribution in [2.45, 2.75) is 44.7 Å². The number of nitrogens with zero attached hydrogens (tertiary/aromatic N) is 2. The third kappa shape index (κ3) is 2.44. The van der Waals surface area contributed by atoms with Gasteiger partial charge in [-0.1, -0.05) is 19.9 Å². The van der Waals surface area contributed by atoms with Crippen LogP contribution in [0.4, 0.5) is 0 Å². The molecule has 4 nitrogen and oxygen atoms in total. The van der Waals surface area contributed by atoms with Crippen LogP contribution < -0.4 is 10.5 Å². The molecule has 1 aromatic heterocycles. The number of aryl methyl sites for hydroxylation is 1. The smallest absolute Gasteiger partial charge is 0.119 e. The molecule has 0 amide bonds. The van der Waals surface area contributed by atoms with Crippen molar-refractivity contribution in [3.05, 3.63) is 47.5 Å². The van der Waals surface area contributed by atoms with E-state index in [0.29, 0.717) is 5.92 Å². The zero-order valence-electron chi connectivity index (χ0n) is 12.9. The first-order chi connectivity index (χ1) is 10.1. The maximum Gasteiger partial charge on any atom is 0.119 e. The molecule has 4 heteroatoms. The van der Waals surface area contributed by atoms with E-state index in [4.69, 9.17) is 10.5 Å². The van der Waals surface area contributed by atoms with E-state index in [9.17, 15) is 0 Å². The van der Waals surface area contributed by atoms with Gasteiger partial charge in [-0.05, 0) is 36.1 Å². The summed E-state index contributed by atoms with van der Waals surface area (Å²) in [7, 11) is 1.69. The minimum absolute atomic E-state index is 0.0180. The predicted octanol–water partition coefficient (Wildman–Crippen LogP) is 3.20. The highest BCUT2D eigenvalue weighted by Crippen LogP contribution is 2.38. The van der Waals surface area contributed by atoms with Crippen molar-refractivity contribution in [2.24, 2.45) is 5.73 Å².